The third-order valence-electron chi connectivity index (χ3n) is 3.53. The Kier molecular flexibility index (Phi) is 4.89. The van der Waals surface area contributed by atoms with E-state index in [0.717, 1.165) is 0 Å². The Bertz CT molecular complexity index is 947. The molecule has 1 aromatic carbocycles. The van der Waals surface area contributed by atoms with E-state index in [2.05, 4.69) is 15.6 Å². The van der Waals surface area contributed by atoms with Crippen LogP contribution in [0.15, 0.2) is 58.2 Å². The van der Waals surface area contributed by atoms with Gasteiger partial charge in [0.1, 0.15) is 12.3 Å². The lowest BCUT2D eigenvalue weighted by Gasteiger charge is -2.08. The largest absolute Gasteiger partial charge is 0.467 e. The van der Waals surface area contributed by atoms with Crippen molar-refractivity contribution in [1.29, 1.82) is 0 Å². The third kappa shape index (κ3) is 4.11. The molecule has 2 amide bonds. The third-order valence-corrected chi connectivity index (χ3v) is 3.53. The summed E-state index contributed by atoms with van der Waals surface area (Å²) in [6, 6.07) is 10.4. The zero-order chi connectivity index (χ0) is 17.6. The van der Waals surface area contributed by atoms with Crippen LogP contribution in [0.4, 0.5) is 0 Å². The molecule has 0 aliphatic carbocycles. The molecule has 8 nitrogen and oxygen atoms in total. The molecule has 0 saturated carbocycles. The molecule has 0 aliphatic heterocycles. The van der Waals surface area contributed by atoms with Crippen LogP contribution in [0.5, 0.6) is 0 Å². The first-order valence-corrected chi connectivity index (χ1v) is 7.63. The highest BCUT2D eigenvalue weighted by molar-refractivity contribution is 5.84. The fraction of sp³-hybridized carbons (Fsp3) is 0.176. The molecule has 2 aromatic heterocycles. The average Bonchev–Trinajstić information content (AvgIpc) is 3.14. The van der Waals surface area contributed by atoms with E-state index in [1.165, 1.54) is 17.2 Å². The summed E-state index contributed by atoms with van der Waals surface area (Å²) in [4.78, 5) is 40.1. The van der Waals surface area contributed by atoms with Gasteiger partial charge in [-0.1, -0.05) is 12.1 Å². The number of rotatable bonds is 6. The molecule has 0 aliphatic rings. The molecule has 128 valence electrons. The fourth-order valence-corrected chi connectivity index (χ4v) is 2.27. The summed E-state index contributed by atoms with van der Waals surface area (Å²) in [5.74, 6) is -0.186. The molecule has 0 saturated heterocycles. The van der Waals surface area contributed by atoms with Gasteiger partial charge >= 0.3 is 0 Å². The van der Waals surface area contributed by atoms with Gasteiger partial charge in [0.2, 0.25) is 11.8 Å². The Morgan fingerprint density at radius 1 is 1.08 bits per heavy atom. The van der Waals surface area contributed by atoms with Crippen LogP contribution in [-0.2, 0) is 22.7 Å². The summed E-state index contributed by atoms with van der Waals surface area (Å²) in [6.07, 6.45) is 2.83. The van der Waals surface area contributed by atoms with Gasteiger partial charge in [-0.05, 0) is 24.3 Å². The van der Waals surface area contributed by atoms with Crippen LogP contribution in [0.1, 0.15) is 5.76 Å². The quantitative estimate of drug-likeness (QED) is 0.676. The molecule has 0 bridgehead atoms. The predicted octanol–water partition coefficient (Wildman–Crippen LogP) is 0.422. The van der Waals surface area contributed by atoms with Crippen molar-refractivity contribution in [1.82, 2.24) is 20.2 Å². The smallest absolute Gasteiger partial charge is 0.261 e. The number of amides is 2. The molecule has 0 fully saturated rings. The van der Waals surface area contributed by atoms with E-state index in [-0.39, 0.29) is 31.1 Å². The average molecular weight is 340 g/mol. The second-order valence-electron chi connectivity index (χ2n) is 5.33. The summed E-state index contributed by atoms with van der Waals surface area (Å²) < 4.78 is 6.30. The minimum absolute atomic E-state index is 0.185. The van der Waals surface area contributed by atoms with Crippen LogP contribution in [0.25, 0.3) is 10.9 Å². The van der Waals surface area contributed by atoms with Crippen LogP contribution in [0.3, 0.4) is 0 Å². The minimum Gasteiger partial charge on any atom is -0.467 e. The Morgan fingerprint density at radius 3 is 2.72 bits per heavy atom. The van der Waals surface area contributed by atoms with Gasteiger partial charge in [-0.15, -0.1) is 0 Å². The lowest BCUT2D eigenvalue weighted by atomic mass is 10.2. The number of para-hydroxylation sites is 1. The number of furan rings is 1. The van der Waals surface area contributed by atoms with Gasteiger partial charge in [-0.25, -0.2) is 4.98 Å². The first kappa shape index (κ1) is 16.4. The fourth-order valence-electron chi connectivity index (χ4n) is 2.27. The first-order chi connectivity index (χ1) is 12.1. The second kappa shape index (κ2) is 7.43. The molecular formula is C17H16N4O4. The maximum atomic E-state index is 12.3. The number of nitrogens with one attached hydrogen (secondary N) is 2. The normalized spacial score (nSPS) is 10.6. The number of hydrogen-bond donors (Lipinski definition) is 2. The van der Waals surface area contributed by atoms with E-state index in [4.69, 9.17) is 4.42 Å². The second-order valence-corrected chi connectivity index (χ2v) is 5.33. The molecule has 0 radical (unpaired) electrons. The van der Waals surface area contributed by atoms with Crippen LogP contribution >= 0.6 is 0 Å². The highest BCUT2D eigenvalue weighted by Crippen LogP contribution is 2.04. The first-order valence-electron chi connectivity index (χ1n) is 7.63. The highest BCUT2D eigenvalue weighted by atomic mass is 16.3. The van der Waals surface area contributed by atoms with E-state index in [9.17, 15) is 14.4 Å². The Hall–Kier alpha value is -3.42. The number of fused-ring (bicyclic) bond motifs is 1. The Labute approximate surface area is 142 Å². The maximum absolute atomic E-state index is 12.3. The monoisotopic (exact) mass is 340 g/mol. The summed E-state index contributed by atoms with van der Waals surface area (Å²) in [7, 11) is 0. The van der Waals surface area contributed by atoms with Crippen molar-refractivity contribution in [3.05, 3.63) is 65.1 Å². The Morgan fingerprint density at radius 2 is 1.92 bits per heavy atom. The molecular weight excluding hydrogens is 324 g/mol. The van der Waals surface area contributed by atoms with E-state index in [1.54, 1.807) is 36.4 Å². The summed E-state index contributed by atoms with van der Waals surface area (Å²) in [6.45, 7) is -0.146. The van der Waals surface area contributed by atoms with Gasteiger partial charge in [0, 0.05) is 0 Å². The van der Waals surface area contributed by atoms with Crippen molar-refractivity contribution < 1.29 is 14.0 Å². The lowest BCUT2D eigenvalue weighted by Crippen LogP contribution is -2.39. The Balaban J connectivity index is 1.53. The zero-order valence-electron chi connectivity index (χ0n) is 13.3. The van der Waals surface area contributed by atoms with Gasteiger partial charge in [0.05, 0.1) is 36.6 Å². The number of carbonyl (C=O) groups is 2. The van der Waals surface area contributed by atoms with E-state index >= 15 is 0 Å². The molecule has 25 heavy (non-hydrogen) atoms. The molecule has 8 heteroatoms. The van der Waals surface area contributed by atoms with Crippen molar-refractivity contribution in [3.8, 4) is 0 Å². The van der Waals surface area contributed by atoms with Crippen molar-refractivity contribution in [2.24, 2.45) is 0 Å². The predicted molar refractivity (Wildman–Crippen MR) is 89.6 cm³/mol. The molecule has 0 atom stereocenters. The van der Waals surface area contributed by atoms with Gasteiger partial charge < -0.3 is 15.1 Å². The van der Waals surface area contributed by atoms with Crippen molar-refractivity contribution in [2.45, 2.75) is 13.1 Å². The zero-order valence-corrected chi connectivity index (χ0v) is 13.3. The number of nitrogens with zero attached hydrogens (tertiary/aromatic N) is 2. The summed E-state index contributed by atoms with van der Waals surface area (Å²) in [5, 5.41) is 5.52. The van der Waals surface area contributed by atoms with Crippen LogP contribution in [-0.4, -0.2) is 27.9 Å². The summed E-state index contributed by atoms with van der Waals surface area (Å²) >= 11 is 0. The summed E-state index contributed by atoms with van der Waals surface area (Å²) in [5.41, 5.74) is 0.268. The van der Waals surface area contributed by atoms with Crippen LogP contribution < -0.4 is 16.2 Å². The molecule has 3 rings (SSSR count). The molecule has 3 aromatic rings. The van der Waals surface area contributed by atoms with Gasteiger partial charge in [0.25, 0.3) is 5.56 Å². The number of carbonyl (C=O) groups excluding carboxylic acids is 2. The van der Waals surface area contributed by atoms with Gasteiger partial charge in [-0.2, -0.15) is 0 Å². The molecule has 0 spiro atoms. The number of hydrogen-bond acceptors (Lipinski definition) is 5. The SMILES string of the molecule is O=C(CNC(=O)Cn1cnc2ccccc2c1=O)NCc1ccco1. The van der Waals surface area contributed by atoms with Crippen molar-refractivity contribution >= 4 is 22.7 Å². The van der Waals surface area contributed by atoms with Crippen LogP contribution in [0.2, 0.25) is 0 Å². The van der Waals surface area contributed by atoms with Crippen molar-refractivity contribution in [2.75, 3.05) is 6.54 Å². The number of benzene rings is 1. The van der Waals surface area contributed by atoms with Gasteiger partial charge in [0.15, 0.2) is 0 Å². The molecule has 0 unspecified atom stereocenters. The maximum Gasteiger partial charge on any atom is 0.261 e. The topological polar surface area (TPSA) is 106 Å². The van der Waals surface area contributed by atoms with E-state index < -0.39 is 5.91 Å². The molecule has 2 heterocycles. The lowest BCUT2D eigenvalue weighted by molar-refractivity contribution is -0.126. The minimum atomic E-state index is -0.452. The standard InChI is InChI=1S/C17H16N4O4/c22-15(18-8-12-4-3-7-25-12)9-19-16(23)10-21-11-20-14-6-2-1-5-13(14)17(21)24/h1-7,11H,8-10H2,(H,18,22)(H,19,23). The van der Waals surface area contributed by atoms with E-state index in [1.807, 2.05) is 0 Å². The number of aromatic nitrogens is 2. The van der Waals surface area contributed by atoms with E-state index in [0.29, 0.717) is 16.7 Å². The van der Waals surface area contributed by atoms with Crippen molar-refractivity contribution in [3.63, 3.8) is 0 Å². The van der Waals surface area contributed by atoms with Gasteiger partial charge in [-0.3, -0.25) is 19.0 Å². The van der Waals surface area contributed by atoms with Crippen LogP contribution in [0, 0.1) is 0 Å². The molecule has 2 N–H and O–H groups in total. The highest BCUT2D eigenvalue weighted by Gasteiger charge is 2.09.